The SMILES string of the molecule is COc1ccc(OC2CCCCCC2N)nc1. The van der Waals surface area contributed by atoms with Crippen LogP contribution in [0.2, 0.25) is 0 Å². The summed E-state index contributed by atoms with van der Waals surface area (Å²) in [5.41, 5.74) is 6.11. The van der Waals surface area contributed by atoms with E-state index in [1.165, 1.54) is 19.3 Å². The van der Waals surface area contributed by atoms with E-state index in [-0.39, 0.29) is 12.1 Å². The second-order valence-corrected chi connectivity index (χ2v) is 4.49. The second kappa shape index (κ2) is 5.87. The quantitative estimate of drug-likeness (QED) is 0.817. The van der Waals surface area contributed by atoms with E-state index >= 15 is 0 Å². The Labute approximate surface area is 102 Å². The Bertz CT molecular complexity index is 340. The molecule has 0 aromatic carbocycles. The zero-order valence-electron chi connectivity index (χ0n) is 10.3. The van der Waals surface area contributed by atoms with E-state index in [0.717, 1.165) is 18.6 Å². The van der Waals surface area contributed by atoms with Gasteiger partial charge in [-0.2, -0.15) is 0 Å². The summed E-state index contributed by atoms with van der Waals surface area (Å²) in [6.45, 7) is 0. The number of rotatable bonds is 3. The molecule has 0 aliphatic heterocycles. The van der Waals surface area contributed by atoms with Crippen molar-refractivity contribution in [3.05, 3.63) is 18.3 Å². The number of aromatic nitrogens is 1. The highest BCUT2D eigenvalue weighted by Crippen LogP contribution is 2.22. The van der Waals surface area contributed by atoms with Crippen LogP contribution in [0.4, 0.5) is 0 Å². The summed E-state index contributed by atoms with van der Waals surface area (Å²) in [5.74, 6) is 1.37. The average molecular weight is 236 g/mol. The van der Waals surface area contributed by atoms with Gasteiger partial charge in [-0.15, -0.1) is 0 Å². The van der Waals surface area contributed by atoms with Gasteiger partial charge in [0.05, 0.1) is 13.3 Å². The first-order valence-corrected chi connectivity index (χ1v) is 6.22. The highest BCUT2D eigenvalue weighted by Gasteiger charge is 2.22. The lowest BCUT2D eigenvalue weighted by molar-refractivity contribution is 0.156. The monoisotopic (exact) mass is 236 g/mol. The first kappa shape index (κ1) is 12.2. The van der Waals surface area contributed by atoms with Crippen molar-refractivity contribution in [1.29, 1.82) is 0 Å². The maximum atomic E-state index is 6.11. The Balaban J connectivity index is 1.98. The van der Waals surface area contributed by atoms with Gasteiger partial charge < -0.3 is 15.2 Å². The molecule has 94 valence electrons. The Morgan fingerprint density at radius 1 is 1.24 bits per heavy atom. The average Bonchev–Trinajstić information content (AvgIpc) is 2.56. The Hall–Kier alpha value is -1.29. The van der Waals surface area contributed by atoms with Gasteiger partial charge in [0.2, 0.25) is 5.88 Å². The summed E-state index contributed by atoms with van der Waals surface area (Å²) in [6, 6.07) is 3.81. The lowest BCUT2D eigenvalue weighted by atomic mass is 10.1. The van der Waals surface area contributed by atoms with Crippen LogP contribution in [0, 0.1) is 0 Å². The van der Waals surface area contributed by atoms with Crippen LogP contribution in [-0.2, 0) is 0 Å². The van der Waals surface area contributed by atoms with Crippen molar-refractivity contribution in [3.8, 4) is 11.6 Å². The first-order chi connectivity index (χ1) is 8.29. The highest BCUT2D eigenvalue weighted by atomic mass is 16.5. The van der Waals surface area contributed by atoms with Crippen LogP contribution >= 0.6 is 0 Å². The Morgan fingerprint density at radius 3 is 2.76 bits per heavy atom. The largest absolute Gasteiger partial charge is 0.495 e. The van der Waals surface area contributed by atoms with Crippen molar-refractivity contribution >= 4 is 0 Å². The van der Waals surface area contributed by atoms with E-state index in [1.807, 2.05) is 12.1 Å². The van der Waals surface area contributed by atoms with Gasteiger partial charge in [-0.25, -0.2) is 4.98 Å². The molecule has 1 aliphatic rings. The number of hydrogen-bond acceptors (Lipinski definition) is 4. The zero-order chi connectivity index (χ0) is 12.1. The maximum absolute atomic E-state index is 6.11. The highest BCUT2D eigenvalue weighted by molar-refractivity contribution is 5.22. The number of ether oxygens (including phenoxy) is 2. The third-order valence-electron chi connectivity index (χ3n) is 3.22. The summed E-state index contributed by atoms with van der Waals surface area (Å²) < 4.78 is 10.9. The summed E-state index contributed by atoms with van der Waals surface area (Å²) in [6.07, 6.45) is 7.47. The van der Waals surface area contributed by atoms with Crippen LogP contribution in [0.3, 0.4) is 0 Å². The predicted molar refractivity (Wildman–Crippen MR) is 66.3 cm³/mol. The van der Waals surface area contributed by atoms with Crippen LogP contribution in [0.5, 0.6) is 11.6 Å². The topological polar surface area (TPSA) is 57.4 Å². The van der Waals surface area contributed by atoms with Gasteiger partial charge in [0, 0.05) is 12.1 Å². The van der Waals surface area contributed by atoms with Crippen molar-refractivity contribution in [2.75, 3.05) is 7.11 Å². The van der Waals surface area contributed by atoms with Crippen LogP contribution in [0.15, 0.2) is 18.3 Å². The fraction of sp³-hybridized carbons (Fsp3) is 0.615. The first-order valence-electron chi connectivity index (χ1n) is 6.22. The van der Waals surface area contributed by atoms with Gasteiger partial charge in [0.15, 0.2) is 0 Å². The molecule has 0 spiro atoms. The molecule has 2 unspecified atom stereocenters. The van der Waals surface area contributed by atoms with Crippen LogP contribution in [0.1, 0.15) is 32.1 Å². The maximum Gasteiger partial charge on any atom is 0.213 e. The molecule has 0 radical (unpaired) electrons. The van der Waals surface area contributed by atoms with Gasteiger partial charge in [-0.3, -0.25) is 0 Å². The second-order valence-electron chi connectivity index (χ2n) is 4.49. The van der Waals surface area contributed by atoms with Crippen molar-refractivity contribution < 1.29 is 9.47 Å². The molecule has 2 rings (SSSR count). The number of nitrogens with zero attached hydrogens (tertiary/aromatic N) is 1. The molecule has 17 heavy (non-hydrogen) atoms. The van der Waals surface area contributed by atoms with Crippen LogP contribution in [-0.4, -0.2) is 24.2 Å². The molecule has 1 aliphatic carbocycles. The molecule has 0 saturated heterocycles. The third kappa shape index (κ3) is 3.33. The normalized spacial score (nSPS) is 25.1. The summed E-state index contributed by atoms with van der Waals surface area (Å²) in [7, 11) is 1.62. The molecule has 4 nitrogen and oxygen atoms in total. The van der Waals surface area contributed by atoms with Crippen LogP contribution < -0.4 is 15.2 Å². The van der Waals surface area contributed by atoms with E-state index in [9.17, 15) is 0 Å². The summed E-state index contributed by atoms with van der Waals surface area (Å²) in [4.78, 5) is 4.21. The third-order valence-corrected chi connectivity index (χ3v) is 3.22. The van der Waals surface area contributed by atoms with Crippen molar-refractivity contribution in [3.63, 3.8) is 0 Å². The summed E-state index contributed by atoms with van der Waals surface area (Å²) in [5, 5.41) is 0. The van der Waals surface area contributed by atoms with E-state index in [1.54, 1.807) is 13.3 Å². The minimum Gasteiger partial charge on any atom is -0.495 e. The fourth-order valence-corrected chi connectivity index (χ4v) is 2.16. The van der Waals surface area contributed by atoms with E-state index in [4.69, 9.17) is 15.2 Å². The van der Waals surface area contributed by atoms with Gasteiger partial charge in [-0.1, -0.05) is 12.8 Å². The number of hydrogen-bond donors (Lipinski definition) is 1. The van der Waals surface area contributed by atoms with Gasteiger partial charge in [0.25, 0.3) is 0 Å². The zero-order valence-corrected chi connectivity index (χ0v) is 10.3. The van der Waals surface area contributed by atoms with Gasteiger partial charge in [-0.05, 0) is 25.3 Å². The molecule has 0 bridgehead atoms. The summed E-state index contributed by atoms with van der Waals surface area (Å²) >= 11 is 0. The molecule has 1 saturated carbocycles. The number of nitrogens with two attached hydrogens (primary N) is 1. The molecule has 2 atom stereocenters. The Morgan fingerprint density at radius 2 is 2.06 bits per heavy atom. The molecule has 1 heterocycles. The lowest BCUT2D eigenvalue weighted by Gasteiger charge is -2.22. The van der Waals surface area contributed by atoms with Crippen molar-refractivity contribution in [2.24, 2.45) is 5.73 Å². The molecule has 1 fully saturated rings. The predicted octanol–water partition coefficient (Wildman–Crippen LogP) is 2.13. The fourth-order valence-electron chi connectivity index (χ4n) is 2.16. The van der Waals surface area contributed by atoms with E-state index in [0.29, 0.717) is 5.88 Å². The number of methoxy groups -OCH3 is 1. The molecule has 0 amide bonds. The molecule has 1 aromatic heterocycles. The van der Waals surface area contributed by atoms with E-state index in [2.05, 4.69) is 4.98 Å². The minimum absolute atomic E-state index is 0.0957. The number of pyridine rings is 1. The molecule has 2 N–H and O–H groups in total. The van der Waals surface area contributed by atoms with Crippen LogP contribution in [0.25, 0.3) is 0 Å². The molecular weight excluding hydrogens is 216 g/mol. The van der Waals surface area contributed by atoms with Crippen molar-refractivity contribution in [1.82, 2.24) is 4.98 Å². The standard InChI is InChI=1S/C13H20N2O2/c1-16-10-7-8-13(15-9-10)17-12-6-4-2-3-5-11(12)14/h7-9,11-12H,2-6,14H2,1H3. The smallest absolute Gasteiger partial charge is 0.213 e. The lowest BCUT2D eigenvalue weighted by Crippen LogP contribution is -2.38. The van der Waals surface area contributed by atoms with Gasteiger partial charge in [0.1, 0.15) is 11.9 Å². The van der Waals surface area contributed by atoms with Crippen molar-refractivity contribution in [2.45, 2.75) is 44.2 Å². The molecule has 1 aromatic rings. The van der Waals surface area contributed by atoms with Gasteiger partial charge >= 0.3 is 0 Å². The minimum atomic E-state index is 0.0957. The Kier molecular flexibility index (Phi) is 4.20. The van der Waals surface area contributed by atoms with E-state index < -0.39 is 0 Å². The molecule has 4 heteroatoms. The molecular formula is C13H20N2O2.